The average Bonchev–Trinajstić information content (AvgIpc) is 3.61. The minimum absolute atomic E-state index is 0.116. The highest BCUT2D eigenvalue weighted by molar-refractivity contribution is 5.89. The molecule has 5 rings (SSSR count). The van der Waals surface area contributed by atoms with E-state index in [4.69, 9.17) is 0 Å². The van der Waals surface area contributed by atoms with Crippen LogP contribution in [0.25, 0.3) is 5.69 Å². The van der Waals surface area contributed by atoms with Crippen LogP contribution in [0.4, 0.5) is 0 Å². The van der Waals surface area contributed by atoms with Crippen molar-refractivity contribution in [2.24, 2.45) is 5.92 Å². The Kier molecular flexibility index (Phi) is 6.75. The van der Waals surface area contributed by atoms with Crippen LogP contribution < -0.4 is 0 Å². The molecule has 1 aromatic carbocycles. The lowest BCUT2D eigenvalue weighted by molar-refractivity contribution is -0.140. The highest BCUT2D eigenvalue weighted by Gasteiger charge is 2.35. The molecule has 2 aromatic rings. The van der Waals surface area contributed by atoms with Crippen molar-refractivity contribution in [1.82, 2.24) is 14.7 Å². The van der Waals surface area contributed by atoms with E-state index >= 15 is 0 Å². The van der Waals surface area contributed by atoms with E-state index in [2.05, 4.69) is 35.1 Å². The first-order chi connectivity index (χ1) is 16.6. The van der Waals surface area contributed by atoms with Crippen molar-refractivity contribution in [2.45, 2.75) is 95.4 Å². The minimum atomic E-state index is -0.906. The summed E-state index contributed by atoms with van der Waals surface area (Å²) in [4.78, 5) is 27.5. The molecule has 182 valence electrons. The van der Waals surface area contributed by atoms with E-state index in [0.29, 0.717) is 23.4 Å². The van der Waals surface area contributed by atoms with Gasteiger partial charge in [-0.3, -0.25) is 4.79 Å². The third-order valence-electron chi connectivity index (χ3n) is 8.14. The lowest BCUT2D eigenvalue weighted by Crippen LogP contribution is -2.47. The quantitative estimate of drug-likeness (QED) is 0.554. The van der Waals surface area contributed by atoms with E-state index in [-0.39, 0.29) is 11.8 Å². The molecule has 0 bridgehead atoms. The number of aromatic carboxylic acids is 1. The van der Waals surface area contributed by atoms with Gasteiger partial charge in [-0.1, -0.05) is 31.9 Å². The Hall–Kier alpha value is -2.63. The van der Waals surface area contributed by atoms with Crippen LogP contribution in [0, 0.1) is 5.92 Å². The van der Waals surface area contributed by atoms with Crippen LogP contribution in [-0.2, 0) is 4.79 Å². The van der Waals surface area contributed by atoms with Crippen molar-refractivity contribution >= 4 is 11.9 Å². The Bertz CT molecular complexity index is 1040. The van der Waals surface area contributed by atoms with E-state index in [9.17, 15) is 14.7 Å². The maximum atomic E-state index is 13.6. The Morgan fingerprint density at radius 3 is 2.68 bits per heavy atom. The molecule has 0 radical (unpaired) electrons. The van der Waals surface area contributed by atoms with Gasteiger partial charge in [-0.05, 0) is 81.4 Å². The first-order valence-corrected chi connectivity index (χ1v) is 13.3. The normalized spacial score (nSPS) is 25.3. The molecule has 3 fully saturated rings. The molecule has 2 saturated carbocycles. The highest BCUT2D eigenvalue weighted by atomic mass is 16.4. The molecule has 2 aliphatic carbocycles. The van der Waals surface area contributed by atoms with E-state index in [1.165, 1.54) is 18.2 Å². The molecular weight excluding hydrogens is 426 g/mol. The number of hydrogen-bond donors (Lipinski definition) is 1. The number of benzene rings is 1. The van der Waals surface area contributed by atoms with Crippen molar-refractivity contribution in [3.8, 4) is 5.69 Å². The Balaban J connectivity index is 1.35. The predicted octanol–water partition coefficient (Wildman–Crippen LogP) is 5.90. The average molecular weight is 464 g/mol. The Labute approximate surface area is 202 Å². The number of piperidine rings is 1. The first-order valence-electron chi connectivity index (χ1n) is 13.3. The molecular formula is C28H37N3O3. The number of carbonyl (C=O) groups is 2. The fourth-order valence-electron chi connectivity index (χ4n) is 6.26. The molecule has 6 nitrogen and oxygen atoms in total. The van der Waals surface area contributed by atoms with Gasteiger partial charge in [-0.15, -0.1) is 0 Å². The predicted molar refractivity (Wildman–Crippen MR) is 131 cm³/mol. The zero-order valence-corrected chi connectivity index (χ0v) is 20.3. The number of hydrogen-bond acceptors (Lipinski definition) is 3. The van der Waals surface area contributed by atoms with Gasteiger partial charge in [0.1, 0.15) is 5.56 Å². The summed E-state index contributed by atoms with van der Waals surface area (Å²) in [5.74, 6) is 0.237. The fourth-order valence-corrected chi connectivity index (χ4v) is 6.26. The molecule has 1 aliphatic heterocycles. The molecule has 2 heterocycles. The molecule has 3 atom stereocenters. The van der Waals surface area contributed by atoms with E-state index in [1.54, 1.807) is 0 Å². The zero-order valence-electron chi connectivity index (χ0n) is 20.3. The van der Waals surface area contributed by atoms with E-state index in [1.807, 2.05) is 10.7 Å². The standard InChI is InChI=1S/C28H37N3O3/c1-2-7-23-11-3-4-15-30(23)27(32)22-10-5-8-20(16-22)21-9-6-12-24(17-21)31-26(19-13-14-19)25(18-29-31)28(33)34/h6,9,12,17-20,22-23H,2-5,7-8,10-11,13-16H2,1H3,(H,33,34)/t20-,22+,23?/m1/s1. The topological polar surface area (TPSA) is 75.4 Å². The number of nitrogens with zero attached hydrogens (tertiary/aromatic N) is 3. The van der Waals surface area contributed by atoms with Crippen molar-refractivity contribution in [1.29, 1.82) is 0 Å². The number of carbonyl (C=O) groups excluding carboxylic acids is 1. The highest BCUT2D eigenvalue weighted by Crippen LogP contribution is 2.43. The third-order valence-corrected chi connectivity index (χ3v) is 8.14. The second-order valence-corrected chi connectivity index (χ2v) is 10.6. The number of amides is 1. The van der Waals surface area contributed by atoms with Crippen molar-refractivity contribution in [2.75, 3.05) is 6.54 Å². The molecule has 34 heavy (non-hydrogen) atoms. The maximum absolute atomic E-state index is 13.6. The van der Waals surface area contributed by atoms with Crippen molar-refractivity contribution in [3.05, 3.63) is 47.3 Å². The van der Waals surface area contributed by atoms with Crippen LogP contribution in [0.3, 0.4) is 0 Å². The van der Waals surface area contributed by atoms with Crippen LogP contribution in [0.15, 0.2) is 30.5 Å². The molecule has 6 heteroatoms. The van der Waals surface area contributed by atoms with Gasteiger partial charge in [0.25, 0.3) is 0 Å². The largest absolute Gasteiger partial charge is 0.478 e. The smallest absolute Gasteiger partial charge is 0.339 e. The summed E-state index contributed by atoms with van der Waals surface area (Å²) < 4.78 is 1.83. The number of aromatic nitrogens is 2. The minimum Gasteiger partial charge on any atom is -0.478 e. The van der Waals surface area contributed by atoms with Gasteiger partial charge >= 0.3 is 5.97 Å². The second-order valence-electron chi connectivity index (χ2n) is 10.6. The van der Waals surface area contributed by atoms with Gasteiger partial charge in [0.05, 0.1) is 17.6 Å². The zero-order chi connectivity index (χ0) is 23.7. The van der Waals surface area contributed by atoms with Crippen molar-refractivity contribution < 1.29 is 14.7 Å². The Morgan fingerprint density at radius 1 is 1.06 bits per heavy atom. The van der Waals surface area contributed by atoms with Gasteiger partial charge in [-0.2, -0.15) is 5.10 Å². The van der Waals surface area contributed by atoms with Gasteiger partial charge in [0.15, 0.2) is 0 Å². The van der Waals surface area contributed by atoms with Gasteiger partial charge < -0.3 is 10.0 Å². The summed E-state index contributed by atoms with van der Waals surface area (Å²) in [5, 5.41) is 14.1. The number of carboxylic acids is 1. The maximum Gasteiger partial charge on any atom is 0.339 e. The van der Waals surface area contributed by atoms with Crippen LogP contribution in [0.1, 0.15) is 111 Å². The second kappa shape index (κ2) is 9.93. The molecule has 3 aliphatic rings. The molecule has 0 spiro atoms. The third kappa shape index (κ3) is 4.64. The summed E-state index contributed by atoms with van der Waals surface area (Å²) in [6, 6.07) is 8.83. The first kappa shape index (κ1) is 23.1. The summed E-state index contributed by atoms with van der Waals surface area (Å²) in [6.07, 6.45) is 13.4. The van der Waals surface area contributed by atoms with Gasteiger partial charge in [0.2, 0.25) is 5.91 Å². The lowest BCUT2D eigenvalue weighted by atomic mass is 9.77. The van der Waals surface area contributed by atoms with Gasteiger partial charge in [0, 0.05) is 24.4 Å². The van der Waals surface area contributed by atoms with Crippen LogP contribution in [-0.4, -0.2) is 44.3 Å². The summed E-state index contributed by atoms with van der Waals surface area (Å²) >= 11 is 0. The van der Waals surface area contributed by atoms with Gasteiger partial charge in [-0.25, -0.2) is 9.48 Å². The number of carboxylic acid groups (broad SMARTS) is 1. The lowest BCUT2D eigenvalue weighted by Gasteiger charge is -2.40. The monoisotopic (exact) mass is 463 g/mol. The van der Waals surface area contributed by atoms with Crippen LogP contribution >= 0.6 is 0 Å². The Morgan fingerprint density at radius 2 is 1.91 bits per heavy atom. The summed E-state index contributed by atoms with van der Waals surface area (Å²) in [7, 11) is 0. The van der Waals surface area contributed by atoms with E-state index in [0.717, 1.165) is 82.1 Å². The van der Waals surface area contributed by atoms with Crippen molar-refractivity contribution in [3.63, 3.8) is 0 Å². The van der Waals surface area contributed by atoms with Crippen LogP contribution in [0.2, 0.25) is 0 Å². The number of rotatable bonds is 7. The SMILES string of the molecule is CCCC1CCCCN1C(=O)[C@H]1CCC[C@@H](c2cccc(-n3ncc(C(=O)O)c3C3CC3)c2)C1. The molecule has 1 unspecified atom stereocenters. The van der Waals surface area contributed by atoms with E-state index < -0.39 is 5.97 Å². The molecule has 1 saturated heterocycles. The molecule has 1 aromatic heterocycles. The molecule has 1 amide bonds. The fraction of sp³-hybridized carbons (Fsp3) is 0.607. The summed E-state index contributed by atoms with van der Waals surface area (Å²) in [5.41, 5.74) is 3.32. The number of likely N-dealkylation sites (tertiary alicyclic amines) is 1. The van der Waals surface area contributed by atoms with Crippen LogP contribution in [0.5, 0.6) is 0 Å². The molecule has 1 N–H and O–H groups in total. The summed E-state index contributed by atoms with van der Waals surface area (Å²) in [6.45, 7) is 3.14.